The number of likely N-dealkylation sites (N-methyl/N-ethyl adjacent to an activating group) is 1. The first kappa shape index (κ1) is 16.5. The molecule has 2 aromatic rings. The highest BCUT2D eigenvalue weighted by Crippen LogP contribution is 2.12. The molecule has 0 aliphatic rings. The molecule has 0 aliphatic carbocycles. The van der Waals surface area contributed by atoms with Gasteiger partial charge < -0.3 is 15.0 Å². The van der Waals surface area contributed by atoms with Gasteiger partial charge in [0.25, 0.3) is 0 Å². The van der Waals surface area contributed by atoms with Crippen molar-refractivity contribution >= 4 is 17.7 Å². The van der Waals surface area contributed by atoms with Crippen LogP contribution in [0, 0.1) is 0 Å². The first-order valence-corrected chi connectivity index (χ1v) is 7.20. The number of urea groups is 1. The SMILES string of the molecule is COC(=O)c1cccc(NC(=O)N(C)CCc2ccccn2)c1. The van der Waals surface area contributed by atoms with Gasteiger partial charge >= 0.3 is 12.0 Å². The summed E-state index contributed by atoms with van der Waals surface area (Å²) in [6.07, 6.45) is 2.40. The van der Waals surface area contributed by atoms with Gasteiger partial charge in [-0.1, -0.05) is 12.1 Å². The summed E-state index contributed by atoms with van der Waals surface area (Å²) < 4.78 is 4.66. The molecule has 0 unspecified atom stereocenters. The van der Waals surface area contributed by atoms with E-state index in [1.807, 2.05) is 18.2 Å². The highest BCUT2D eigenvalue weighted by atomic mass is 16.5. The Bertz CT molecular complexity index is 674. The average molecular weight is 313 g/mol. The maximum Gasteiger partial charge on any atom is 0.337 e. The molecule has 23 heavy (non-hydrogen) atoms. The average Bonchev–Trinajstić information content (AvgIpc) is 2.60. The number of anilines is 1. The number of ether oxygens (including phenoxy) is 1. The fourth-order valence-corrected chi connectivity index (χ4v) is 1.99. The van der Waals surface area contributed by atoms with Crippen molar-refractivity contribution in [2.75, 3.05) is 26.0 Å². The number of pyridine rings is 1. The number of benzene rings is 1. The second-order valence-corrected chi connectivity index (χ2v) is 5.00. The predicted molar refractivity (Wildman–Crippen MR) is 87.4 cm³/mol. The number of nitrogens with one attached hydrogen (secondary N) is 1. The Hall–Kier alpha value is -2.89. The second kappa shape index (κ2) is 7.93. The zero-order valence-corrected chi connectivity index (χ0v) is 13.2. The molecule has 6 heteroatoms. The maximum atomic E-state index is 12.2. The molecular weight excluding hydrogens is 294 g/mol. The van der Waals surface area contributed by atoms with Crippen molar-refractivity contribution in [2.45, 2.75) is 6.42 Å². The van der Waals surface area contributed by atoms with Crippen LogP contribution in [0.1, 0.15) is 16.1 Å². The van der Waals surface area contributed by atoms with Crippen LogP contribution in [0.25, 0.3) is 0 Å². The van der Waals surface area contributed by atoms with Gasteiger partial charge in [0.05, 0.1) is 12.7 Å². The maximum absolute atomic E-state index is 12.2. The summed E-state index contributed by atoms with van der Waals surface area (Å²) in [4.78, 5) is 29.4. The molecular formula is C17H19N3O3. The number of methoxy groups -OCH3 is 1. The van der Waals surface area contributed by atoms with Gasteiger partial charge in [-0.3, -0.25) is 4.98 Å². The van der Waals surface area contributed by atoms with E-state index < -0.39 is 5.97 Å². The van der Waals surface area contributed by atoms with Crippen LogP contribution in [0.15, 0.2) is 48.7 Å². The molecule has 120 valence electrons. The molecule has 0 saturated carbocycles. The molecule has 1 aromatic carbocycles. The van der Waals surface area contributed by atoms with E-state index in [4.69, 9.17) is 0 Å². The van der Waals surface area contributed by atoms with E-state index in [-0.39, 0.29) is 6.03 Å². The minimum Gasteiger partial charge on any atom is -0.465 e. The van der Waals surface area contributed by atoms with E-state index in [2.05, 4.69) is 15.0 Å². The lowest BCUT2D eigenvalue weighted by molar-refractivity contribution is 0.0600. The summed E-state index contributed by atoms with van der Waals surface area (Å²) >= 11 is 0. The number of nitrogens with zero attached hydrogens (tertiary/aromatic N) is 2. The lowest BCUT2D eigenvalue weighted by Gasteiger charge is -2.18. The molecule has 0 fully saturated rings. The van der Waals surface area contributed by atoms with Crippen molar-refractivity contribution in [3.05, 3.63) is 59.9 Å². The minimum atomic E-state index is -0.440. The molecule has 2 amide bonds. The number of esters is 1. The van der Waals surface area contributed by atoms with Crippen LogP contribution in [0.3, 0.4) is 0 Å². The molecule has 1 aromatic heterocycles. The van der Waals surface area contributed by atoms with Crippen molar-refractivity contribution in [1.82, 2.24) is 9.88 Å². The fourth-order valence-electron chi connectivity index (χ4n) is 1.99. The summed E-state index contributed by atoms with van der Waals surface area (Å²) in [6.45, 7) is 0.541. The van der Waals surface area contributed by atoms with Crippen molar-refractivity contribution < 1.29 is 14.3 Å². The Kier molecular flexibility index (Phi) is 5.68. The summed E-state index contributed by atoms with van der Waals surface area (Å²) in [6, 6.07) is 12.1. The van der Waals surface area contributed by atoms with E-state index in [1.165, 1.54) is 7.11 Å². The zero-order valence-electron chi connectivity index (χ0n) is 13.2. The van der Waals surface area contributed by atoms with Crippen LogP contribution in [0.4, 0.5) is 10.5 Å². The quantitative estimate of drug-likeness (QED) is 0.861. The summed E-state index contributed by atoms with van der Waals surface area (Å²) in [5.74, 6) is -0.440. The smallest absolute Gasteiger partial charge is 0.337 e. The van der Waals surface area contributed by atoms with Crippen LogP contribution >= 0.6 is 0 Å². The van der Waals surface area contributed by atoms with E-state index in [9.17, 15) is 9.59 Å². The monoisotopic (exact) mass is 313 g/mol. The van der Waals surface area contributed by atoms with Crippen LogP contribution in [0.2, 0.25) is 0 Å². The van der Waals surface area contributed by atoms with Crippen molar-refractivity contribution in [2.24, 2.45) is 0 Å². The molecule has 0 radical (unpaired) electrons. The number of hydrogen-bond donors (Lipinski definition) is 1. The van der Waals surface area contributed by atoms with Crippen LogP contribution in [-0.2, 0) is 11.2 Å². The van der Waals surface area contributed by atoms with E-state index >= 15 is 0 Å². The van der Waals surface area contributed by atoms with Gasteiger partial charge in [0.15, 0.2) is 0 Å². The molecule has 1 N–H and O–H groups in total. The number of amides is 2. The molecule has 1 heterocycles. The second-order valence-electron chi connectivity index (χ2n) is 5.00. The Morgan fingerprint density at radius 3 is 2.74 bits per heavy atom. The number of aromatic nitrogens is 1. The van der Waals surface area contributed by atoms with E-state index in [0.29, 0.717) is 24.2 Å². The molecule has 0 aliphatic heterocycles. The third-order valence-corrected chi connectivity index (χ3v) is 3.31. The number of carbonyl (C=O) groups is 2. The molecule has 0 spiro atoms. The zero-order chi connectivity index (χ0) is 16.7. The first-order chi connectivity index (χ1) is 11.1. The summed E-state index contributed by atoms with van der Waals surface area (Å²) in [5.41, 5.74) is 1.86. The first-order valence-electron chi connectivity index (χ1n) is 7.20. The fraction of sp³-hybridized carbons (Fsp3) is 0.235. The molecule has 6 nitrogen and oxygen atoms in total. The van der Waals surface area contributed by atoms with Gasteiger partial charge in [-0.05, 0) is 30.3 Å². The lowest BCUT2D eigenvalue weighted by atomic mass is 10.2. The Labute approximate surface area is 135 Å². The topological polar surface area (TPSA) is 71.5 Å². The van der Waals surface area contributed by atoms with Crippen LogP contribution in [0.5, 0.6) is 0 Å². The van der Waals surface area contributed by atoms with Gasteiger partial charge in [0, 0.05) is 37.6 Å². The highest BCUT2D eigenvalue weighted by molar-refractivity contribution is 5.93. The standard InChI is InChI=1S/C17H19N3O3/c1-20(11-9-14-7-3-4-10-18-14)17(22)19-15-8-5-6-13(12-15)16(21)23-2/h3-8,10,12H,9,11H2,1-2H3,(H,19,22). The third kappa shape index (κ3) is 4.81. The van der Waals surface area contributed by atoms with E-state index in [0.717, 1.165) is 5.69 Å². The summed E-state index contributed by atoms with van der Waals surface area (Å²) in [7, 11) is 3.03. The largest absolute Gasteiger partial charge is 0.465 e. The third-order valence-electron chi connectivity index (χ3n) is 3.31. The Morgan fingerprint density at radius 2 is 2.04 bits per heavy atom. The van der Waals surface area contributed by atoms with Gasteiger partial charge in [0.1, 0.15) is 0 Å². The highest BCUT2D eigenvalue weighted by Gasteiger charge is 2.11. The van der Waals surface area contributed by atoms with Crippen LogP contribution < -0.4 is 5.32 Å². The van der Waals surface area contributed by atoms with Crippen molar-refractivity contribution in [3.8, 4) is 0 Å². The van der Waals surface area contributed by atoms with Crippen molar-refractivity contribution in [1.29, 1.82) is 0 Å². The molecule has 0 bridgehead atoms. The van der Waals surface area contributed by atoms with Gasteiger partial charge in [-0.25, -0.2) is 9.59 Å². The summed E-state index contributed by atoms with van der Waals surface area (Å²) in [5, 5.41) is 2.76. The van der Waals surface area contributed by atoms with Gasteiger partial charge in [-0.2, -0.15) is 0 Å². The lowest BCUT2D eigenvalue weighted by Crippen LogP contribution is -2.33. The number of hydrogen-bond acceptors (Lipinski definition) is 4. The number of carbonyl (C=O) groups excluding carboxylic acids is 2. The van der Waals surface area contributed by atoms with E-state index in [1.54, 1.807) is 42.4 Å². The van der Waals surface area contributed by atoms with Crippen molar-refractivity contribution in [3.63, 3.8) is 0 Å². The predicted octanol–water partition coefficient (Wildman–Crippen LogP) is 2.57. The Balaban J connectivity index is 1.92. The minimum absolute atomic E-state index is 0.247. The normalized spacial score (nSPS) is 10.0. The van der Waals surface area contributed by atoms with Gasteiger partial charge in [-0.15, -0.1) is 0 Å². The molecule has 0 atom stereocenters. The van der Waals surface area contributed by atoms with Crippen LogP contribution in [-0.4, -0.2) is 42.6 Å². The number of rotatable bonds is 5. The Morgan fingerprint density at radius 1 is 1.22 bits per heavy atom. The van der Waals surface area contributed by atoms with Gasteiger partial charge in [0.2, 0.25) is 0 Å². The molecule has 2 rings (SSSR count). The molecule has 0 saturated heterocycles.